The SMILES string of the molecule is CN=C(NCc1ncc(C)s1)N(C)Cc1ncnn1C.I. The molecule has 1 N–H and O–H groups in total. The zero-order chi connectivity index (χ0) is 14.5. The van der Waals surface area contributed by atoms with E-state index >= 15 is 0 Å². The van der Waals surface area contributed by atoms with Gasteiger partial charge in [0.15, 0.2) is 5.96 Å². The van der Waals surface area contributed by atoms with Crippen molar-refractivity contribution < 1.29 is 0 Å². The Balaban J connectivity index is 0.00000220. The first-order valence-electron chi connectivity index (χ1n) is 6.26. The van der Waals surface area contributed by atoms with Crippen molar-refractivity contribution in [2.45, 2.75) is 20.0 Å². The highest BCUT2D eigenvalue weighted by Crippen LogP contribution is 2.10. The highest BCUT2D eigenvalue weighted by Gasteiger charge is 2.10. The Kier molecular flexibility index (Phi) is 7.02. The molecule has 21 heavy (non-hydrogen) atoms. The number of nitrogens with zero attached hydrogens (tertiary/aromatic N) is 6. The number of halogens is 1. The van der Waals surface area contributed by atoms with E-state index in [4.69, 9.17) is 0 Å². The molecule has 2 heterocycles. The topological polar surface area (TPSA) is 71.2 Å². The van der Waals surface area contributed by atoms with Crippen LogP contribution < -0.4 is 5.32 Å². The molecule has 2 aromatic rings. The summed E-state index contributed by atoms with van der Waals surface area (Å²) in [4.78, 5) is 16.0. The average molecular weight is 421 g/mol. The normalized spacial score (nSPS) is 11.1. The van der Waals surface area contributed by atoms with Crippen LogP contribution in [0.15, 0.2) is 17.5 Å². The van der Waals surface area contributed by atoms with E-state index in [1.165, 1.54) is 4.88 Å². The van der Waals surface area contributed by atoms with Gasteiger partial charge < -0.3 is 10.2 Å². The van der Waals surface area contributed by atoms with Crippen molar-refractivity contribution in [2.75, 3.05) is 14.1 Å². The summed E-state index contributed by atoms with van der Waals surface area (Å²) in [6.45, 7) is 3.37. The lowest BCUT2D eigenvalue weighted by atomic mass is 10.5. The van der Waals surface area contributed by atoms with Crippen molar-refractivity contribution in [3.05, 3.63) is 28.2 Å². The van der Waals surface area contributed by atoms with Gasteiger partial charge in [-0.2, -0.15) is 5.10 Å². The molecule has 2 aromatic heterocycles. The summed E-state index contributed by atoms with van der Waals surface area (Å²) in [5, 5.41) is 8.41. The molecule has 0 fully saturated rings. The van der Waals surface area contributed by atoms with E-state index in [1.54, 1.807) is 29.4 Å². The smallest absolute Gasteiger partial charge is 0.194 e. The zero-order valence-electron chi connectivity index (χ0n) is 12.6. The van der Waals surface area contributed by atoms with Crippen molar-refractivity contribution in [3.8, 4) is 0 Å². The number of hydrogen-bond donors (Lipinski definition) is 1. The molecule has 116 valence electrons. The molecular weight excluding hydrogens is 401 g/mol. The average Bonchev–Trinajstić information content (AvgIpc) is 3.00. The summed E-state index contributed by atoms with van der Waals surface area (Å²) >= 11 is 1.69. The molecule has 9 heteroatoms. The second kappa shape index (κ2) is 8.27. The van der Waals surface area contributed by atoms with Gasteiger partial charge in [-0.1, -0.05) is 0 Å². The quantitative estimate of drug-likeness (QED) is 0.459. The summed E-state index contributed by atoms with van der Waals surface area (Å²) in [5.41, 5.74) is 0. The number of nitrogens with one attached hydrogen (secondary N) is 1. The fourth-order valence-electron chi connectivity index (χ4n) is 1.77. The van der Waals surface area contributed by atoms with E-state index in [9.17, 15) is 0 Å². The van der Waals surface area contributed by atoms with Gasteiger partial charge in [-0.05, 0) is 6.92 Å². The van der Waals surface area contributed by atoms with E-state index in [0.29, 0.717) is 13.1 Å². The number of aromatic nitrogens is 4. The fourth-order valence-corrected chi connectivity index (χ4v) is 2.50. The molecule has 0 aliphatic heterocycles. The minimum Gasteiger partial charge on any atom is -0.350 e. The largest absolute Gasteiger partial charge is 0.350 e. The van der Waals surface area contributed by atoms with Crippen LogP contribution in [0.3, 0.4) is 0 Å². The Morgan fingerprint density at radius 3 is 2.76 bits per heavy atom. The molecule has 0 spiro atoms. The molecule has 0 aromatic carbocycles. The Bertz CT molecular complexity index is 592. The maximum atomic E-state index is 4.33. The molecule has 0 saturated heterocycles. The van der Waals surface area contributed by atoms with Crippen LogP contribution in [0.1, 0.15) is 15.7 Å². The lowest BCUT2D eigenvalue weighted by Crippen LogP contribution is -2.38. The van der Waals surface area contributed by atoms with E-state index in [1.807, 2.05) is 25.2 Å². The summed E-state index contributed by atoms with van der Waals surface area (Å²) in [7, 11) is 5.62. The van der Waals surface area contributed by atoms with Crippen LogP contribution in [0.5, 0.6) is 0 Å². The number of hydrogen-bond acceptors (Lipinski definition) is 5. The molecule has 0 amide bonds. The minimum absolute atomic E-state index is 0. The summed E-state index contributed by atoms with van der Waals surface area (Å²) in [6, 6.07) is 0. The second-order valence-corrected chi connectivity index (χ2v) is 5.74. The van der Waals surface area contributed by atoms with Crippen LogP contribution in [0.25, 0.3) is 0 Å². The zero-order valence-corrected chi connectivity index (χ0v) is 15.7. The van der Waals surface area contributed by atoms with Crippen molar-refractivity contribution in [2.24, 2.45) is 12.0 Å². The third kappa shape index (κ3) is 4.92. The third-order valence-corrected chi connectivity index (χ3v) is 3.74. The van der Waals surface area contributed by atoms with E-state index in [0.717, 1.165) is 16.8 Å². The van der Waals surface area contributed by atoms with Gasteiger partial charge >= 0.3 is 0 Å². The molecule has 2 rings (SSSR count). The van der Waals surface area contributed by atoms with Gasteiger partial charge in [0.25, 0.3) is 0 Å². The summed E-state index contributed by atoms with van der Waals surface area (Å²) < 4.78 is 1.76. The maximum Gasteiger partial charge on any atom is 0.194 e. The van der Waals surface area contributed by atoms with Gasteiger partial charge in [0.05, 0.1) is 13.1 Å². The first-order chi connectivity index (χ1) is 9.60. The molecular formula is C12H20IN7S. The molecule has 7 nitrogen and oxygen atoms in total. The summed E-state index contributed by atoms with van der Waals surface area (Å²) in [5.74, 6) is 1.70. The number of rotatable bonds is 4. The Labute approximate surface area is 145 Å². The van der Waals surface area contributed by atoms with Gasteiger partial charge in [-0.3, -0.25) is 9.67 Å². The fraction of sp³-hybridized carbons (Fsp3) is 0.500. The second-order valence-electron chi connectivity index (χ2n) is 4.42. The van der Waals surface area contributed by atoms with Crippen LogP contribution in [0, 0.1) is 6.92 Å². The minimum atomic E-state index is 0. The van der Waals surface area contributed by atoms with E-state index in [-0.39, 0.29) is 24.0 Å². The predicted octanol–water partition coefficient (Wildman–Crippen LogP) is 1.41. The van der Waals surface area contributed by atoms with Gasteiger partial charge in [0.2, 0.25) is 0 Å². The third-order valence-electron chi connectivity index (χ3n) is 2.82. The highest BCUT2D eigenvalue weighted by atomic mass is 127. The number of aryl methyl sites for hydroxylation is 2. The van der Waals surface area contributed by atoms with Crippen molar-refractivity contribution in [3.63, 3.8) is 0 Å². The maximum absolute atomic E-state index is 4.33. The Hall–Kier alpha value is -1.23. The van der Waals surface area contributed by atoms with Crippen molar-refractivity contribution >= 4 is 41.3 Å². The number of guanidine groups is 1. The summed E-state index contributed by atoms with van der Waals surface area (Å²) in [6.07, 6.45) is 3.44. The van der Waals surface area contributed by atoms with Crippen LogP contribution in [-0.4, -0.2) is 44.7 Å². The standard InChI is InChI=1S/C12H19N7S.HI/c1-9-5-14-11(20-9)6-15-12(13-2)18(3)7-10-16-8-17-19(10)4;/h5,8H,6-7H2,1-4H3,(H,13,15);1H. The van der Waals surface area contributed by atoms with Gasteiger partial charge in [-0.15, -0.1) is 35.3 Å². The van der Waals surface area contributed by atoms with Crippen LogP contribution in [0.2, 0.25) is 0 Å². The monoisotopic (exact) mass is 421 g/mol. The van der Waals surface area contributed by atoms with Crippen LogP contribution in [-0.2, 0) is 20.1 Å². The van der Waals surface area contributed by atoms with Gasteiger partial charge in [-0.25, -0.2) is 9.97 Å². The molecule has 0 saturated carbocycles. The van der Waals surface area contributed by atoms with Crippen molar-refractivity contribution in [1.29, 1.82) is 0 Å². The molecule has 0 atom stereocenters. The first-order valence-corrected chi connectivity index (χ1v) is 7.07. The van der Waals surface area contributed by atoms with Gasteiger partial charge in [0.1, 0.15) is 17.2 Å². The Morgan fingerprint density at radius 2 is 2.24 bits per heavy atom. The molecule has 0 unspecified atom stereocenters. The van der Waals surface area contributed by atoms with E-state index in [2.05, 4.69) is 32.3 Å². The molecule has 0 aliphatic rings. The first kappa shape index (κ1) is 17.8. The number of aliphatic imine (C=N–C) groups is 1. The van der Waals surface area contributed by atoms with E-state index < -0.39 is 0 Å². The van der Waals surface area contributed by atoms with Crippen molar-refractivity contribution in [1.82, 2.24) is 30.0 Å². The lowest BCUT2D eigenvalue weighted by Gasteiger charge is -2.21. The van der Waals surface area contributed by atoms with Gasteiger partial charge in [0, 0.05) is 32.2 Å². The lowest BCUT2D eigenvalue weighted by molar-refractivity contribution is 0.448. The van der Waals surface area contributed by atoms with Crippen LogP contribution >= 0.6 is 35.3 Å². The molecule has 0 radical (unpaired) electrons. The molecule has 0 bridgehead atoms. The van der Waals surface area contributed by atoms with Crippen LogP contribution in [0.4, 0.5) is 0 Å². The number of thiazole rings is 1. The highest BCUT2D eigenvalue weighted by molar-refractivity contribution is 14.0. The predicted molar refractivity (Wildman–Crippen MR) is 94.9 cm³/mol. The molecule has 0 aliphatic carbocycles. The Morgan fingerprint density at radius 1 is 1.48 bits per heavy atom.